The van der Waals surface area contributed by atoms with Crippen LogP contribution in [-0.2, 0) is 0 Å². The molecule has 86 valence electrons. The van der Waals surface area contributed by atoms with Crippen LogP contribution in [-0.4, -0.2) is 6.04 Å². The van der Waals surface area contributed by atoms with E-state index < -0.39 is 11.6 Å². The highest BCUT2D eigenvalue weighted by Crippen LogP contribution is 2.16. The maximum atomic E-state index is 13.0. The first-order valence-electron chi connectivity index (χ1n) is 5.19. The molecule has 1 aromatic carbocycles. The first-order valence-corrected chi connectivity index (χ1v) is 5.19. The van der Waals surface area contributed by atoms with Crippen molar-refractivity contribution in [3.8, 4) is 12.3 Å². The average Bonchev–Trinajstić information content (AvgIpc) is 2.22. The summed E-state index contributed by atoms with van der Waals surface area (Å²) in [6.45, 7) is 3.84. The van der Waals surface area contributed by atoms with Crippen molar-refractivity contribution in [2.75, 3.05) is 0 Å². The van der Waals surface area contributed by atoms with Gasteiger partial charge < -0.3 is 5.32 Å². The van der Waals surface area contributed by atoms with E-state index in [1.165, 1.54) is 6.07 Å². The molecular formula is C13H15F2N. The van der Waals surface area contributed by atoms with Gasteiger partial charge in [-0.2, -0.15) is 0 Å². The van der Waals surface area contributed by atoms with E-state index in [0.29, 0.717) is 12.0 Å². The number of terminal acetylenes is 1. The Bertz CT molecular complexity index is 395. The van der Waals surface area contributed by atoms with Crippen molar-refractivity contribution in [1.29, 1.82) is 0 Å². The first kappa shape index (κ1) is 12.7. The summed E-state index contributed by atoms with van der Waals surface area (Å²) >= 11 is 0. The molecule has 1 N–H and O–H groups in total. The summed E-state index contributed by atoms with van der Waals surface area (Å²) in [6, 6.07) is 4.00. The molecule has 3 heteroatoms. The molecule has 16 heavy (non-hydrogen) atoms. The lowest BCUT2D eigenvalue weighted by Gasteiger charge is -2.18. The lowest BCUT2D eigenvalue weighted by Crippen LogP contribution is -2.28. The van der Waals surface area contributed by atoms with Crippen molar-refractivity contribution in [2.45, 2.75) is 32.4 Å². The van der Waals surface area contributed by atoms with Gasteiger partial charge >= 0.3 is 0 Å². The van der Waals surface area contributed by atoms with Crippen LogP contribution < -0.4 is 5.32 Å². The van der Waals surface area contributed by atoms with Gasteiger partial charge in [0, 0.05) is 18.5 Å². The molecule has 0 aliphatic heterocycles. The van der Waals surface area contributed by atoms with Crippen molar-refractivity contribution < 1.29 is 8.78 Å². The zero-order valence-electron chi connectivity index (χ0n) is 9.43. The lowest BCUT2D eigenvalue weighted by molar-refractivity contribution is 0.475. The Morgan fingerprint density at radius 3 is 2.56 bits per heavy atom. The van der Waals surface area contributed by atoms with Gasteiger partial charge in [-0.25, -0.2) is 8.78 Å². The number of rotatable bonds is 4. The molecule has 0 radical (unpaired) electrons. The molecular weight excluding hydrogens is 208 g/mol. The molecule has 2 unspecified atom stereocenters. The number of benzene rings is 1. The Balaban J connectivity index is 2.70. The minimum atomic E-state index is -0.826. The van der Waals surface area contributed by atoms with Crippen LogP contribution in [0.2, 0.25) is 0 Å². The Morgan fingerprint density at radius 1 is 1.31 bits per heavy atom. The predicted molar refractivity (Wildman–Crippen MR) is 60.8 cm³/mol. The average molecular weight is 223 g/mol. The van der Waals surface area contributed by atoms with Crippen LogP contribution in [0.4, 0.5) is 8.78 Å². The zero-order valence-corrected chi connectivity index (χ0v) is 9.43. The van der Waals surface area contributed by atoms with E-state index in [1.54, 1.807) is 6.07 Å². The minimum Gasteiger partial charge on any atom is -0.307 e. The van der Waals surface area contributed by atoms with E-state index in [4.69, 9.17) is 6.42 Å². The maximum Gasteiger partial charge on any atom is 0.159 e. The van der Waals surface area contributed by atoms with E-state index in [1.807, 2.05) is 13.8 Å². The fourth-order valence-corrected chi connectivity index (χ4v) is 1.54. The van der Waals surface area contributed by atoms with Crippen molar-refractivity contribution in [2.24, 2.45) is 0 Å². The zero-order chi connectivity index (χ0) is 12.1. The van der Waals surface area contributed by atoms with Crippen molar-refractivity contribution in [3.63, 3.8) is 0 Å². The number of nitrogens with one attached hydrogen (secondary N) is 1. The molecule has 0 saturated heterocycles. The summed E-state index contributed by atoms with van der Waals surface area (Å²) in [5.41, 5.74) is 0.711. The van der Waals surface area contributed by atoms with Crippen LogP contribution in [0.1, 0.15) is 31.9 Å². The van der Waals surface area contributed by atoms with Crippen LogP contribution in [0, 0.1) is 24.0 Å². The highest BCUT2D eigenvalue weighted by atomic mass is 19.2. The summed E-state index contributed by atoms with van der Waals surface area (Å²) in [7, 11) is 0. The SMILES string of the molecule is C#CCC(C)NC(C)c1ccc(F)c(F)c1. The first-order chi connectivity index (χ1) is 7.54. The molecule has 1 nitrogen and oxygen atoms in total. The van der Waals surface area contributed by atoms with Crippen LogP contribution in [0.5, 0.6) is 0 Å². The second-order valence-corrected chi connectivity index (χ2v) is 3.87. The van der Waals surface area contributed by atoms with Crippen LogP contribution in [0.3, 0.4) is 0 Å². The molecule has 0 saturated carbocycles. The van der Waals surface area contributed by atoms with E-state index in [9.17, 15) is 8.78 Å². The van der Waals surface area contributed by atoms with Crippen molar-refractivity contribution in [3.05, 3.63) is 35.4 Å². The third kappa shape index (κ3) is 3.32. The molecule has 0 aromatic heterocycles. The summed E-state index contributed by atoms with van der Waals surface area (Å²) in [5.74, 6) is 0.899. The minimum absolute atomic E-state index is 0.0570. The molecule has 0 bridgehead atoms. The van der Waals surface area contributed by atoms with E-state index >= 15 is 0 Å². The highest BCUT2D eigenvalue weighted by Gasteiger charge is 2.11. The molecule has 2 atom stereocenters. The Labute approximate surface area is 94.9 Å². The van der Waals surface area contributed by atoms with Crippen molar-refractivity contribution in [1.82, 2.24) is 5.32 Å². The molecule has 1 rings (SSSR count). The summed E-state index contributed by atoms with van der Waals surface area (Å²) < 4.78 is 25.7. The largest absolute Gasteiger partial charge is 0.307 e. The molecule has 0 heterocycles. The maximum absolute atomic E-state index is 13.0. The van der Waals surface area contributed by atoms with E-state index in [-0.39, 0.29) is 12.1 Å². The van der Waals surface area contributed by atoms with Crippen LogP contribution >= 0.6 is 0 Å². The standard InChI is InChI=1S/C13H15F2N/c1-4-5-9(2)16-10(3)11-6-7-12(14)13(15)8-11/h1,6-10,16H,5H2,2-3H3. The third-order valence-electron chi connectivity index (χ3n) is 2.40. The number of halogens is 2. The second-order valence-electron chi connectivity index (χ2n) is 3.87. The third-order valence-corrected chi connectivity index (χ3v) is 2.40. The monoisotopic (exact) mass is 223 g/mol. The normalized spacial score (nSPS) is 14.2. The quantitative estimate of drug-likeness (QED) is 0.774. The van der Waals surface area contributed by atoms with Crippen LogP contribution in [0.25, 0.3) is 0 Å². The summed E-state index contributed by atoms with van der Waals surface area (Å²) in [6.07, 6.45) is 5.79. The van der Waals surface area contributed by atoms with Crippen LogP contribution in [0.15, 0.2) is 18.2 Å². The van der Waals surface area contributed by atoms with E-state index in [0.717, 1.165) is 6.07 Å². The Hall–Kier alpha value is -1.40. The second kappa shape index (κ2) is 5.62. The van der Waals surface area contributed by atoms with E-state index in [2.05, 4.69) is 11.2 Å². The summed E-state index contributed by atoms with van der Waals surface area (Å²) in [4.78, 5) is 0. The van der Waals surface area contributed by atoms with Gasteiger partial charge in [0.25, 0.3) is 0 Å². The Kier molecular flexibility index (Phi) is 4.45. The van der Waals surface area contributed by atoms with Gasteiger partial charge in [0.15, 0.2) is 11.6 Å². The lowest BCUT2D eigenvalue weighted by atomic mass is 10.1. The van der Waals surface area contributed by atoms with Gasteiger partial charge in [-0.05, 0) is 31.5 Å². The summed E-state index contributed by atoms with van der Waals surface area (Å²) in [5, 5.41) is 3.21. The smallest absolute Gasteiger partial charge is 0.159 e. The molecule has 0 aliphatic rings. The Morgan fingerprint density at radius 2 is 2.00 bits per heavy atom. The predicted octanol–water partition coefficient (Wildman–Crippen LogP) is 3.03. The molecule has 0 fully saturated rings. The van der Waals surface area contributed by atoms with Gasteiger partial charge in [0.1, 0.15) is 0 Å². The number of hydrogen-bond acceptors (Lipinski definition) is 1. The number of hydrogen-bond donors (Lipinski definition) is 1. The van der Waals surface area contributed by atoms with Gasteiger partial charge in [-0.15, -0.1) is 12.3 Å². The molecule has 0 aliphatic carbocycles. The fraction of sp³-hybridized carbons (Fsp3) is 0.385. The molecule has 0 amide bonds. The van der Waals surface area contributed by atoms with Gasteiger partial charge in [-0.3, -0.25) is 0 Å². The van der Waals surface area contributed by atoms with Gasteiger partial charge in [0.05, 0.1) is 0 Å². The highest BCUT2D eigenvalue weighted by molar-refractivity contribution is 5.20. The topological polar surface area (TPSA) is 12.0 Å². The van der Waals surface area contributed by atoms with Gasteiger partial charge in [0.2, 0.25) is 0 Å². The fourth-order valence-electron chi connectivity index (χ4n) is 1.54. The molecule has 0 spiro atoms. The van der Waals surface area contributed by atoms with Gasteiger partial charge in [-0.1, -0.05) is 6.07 Å². The molecule has 1 aromatic rings. The van der Waals surface area contributed by atoms with Crippen molar-refractivity contribution >= 4 is 0 Å².